The van der Waals surface area contributed by atoms with Crippen LogP contribution in [0.3, 0.4) is 0 Å². The first-order valence-electron chi connectivity index (χ1n) is 4.87. The standard InChI is InChI=1S/C13H12ClN/c1-10-2-4-11(5-3-10)13-6-7-15-9-12(13)8-14/h2-7,9H,8H2,1H3. The van der Waals surface area contributed by atoms with E-state index in [0.717, 1.165) is 5.56 Å². The van der Waals surface area contributed by atoms with Crippen molar-refractivity contribution in [3.05, 3.63) is 53.9 Å². The highest BCUT2D eigenvalue weighted by atomic mass is 35.5. The Bertz CT molecular complexity index is 448. The Morgan fingerprint density at radius 1 is 1.13 bits per heavy atom. The smallest absolute Gasteiger partial charge is 0.0495 e. The summed E-state index contributed by atoms with van der Waals surface area (Å²) in [5.74, 6) is 0.497. The number of rotatable bonds is 2. The summed E-state index contributed by atoms with van der Waals surface area (Å²) in [6.07, 6.45) is 3.62. The topological polar surface area (TPSA) is 12.9 Å². The lowest BCUT2D eigenvalue weighted by atomic mass is 10.0. The van der Waals surface area contributed by atoms with Gasteiger partial charge in [0.1, 0.15) is 0 Å². The molecule has 0 bridgehead atoms. The molecule has 0 aliphatic rings. The van der Waals surface area contributed by atoms with E-state index in [2.05, 4.69) is 36.2 Å². The first-order valence-corrected chi connectivity index (χ1v) is 5.40. The average Bonchev–Trinajstić information content (AvgIpc) is 2.30. The van der Waals surface area contributed by atoms with Gasteiger partial charge in [0.2, 0.25) is 0 Å². The molecule has 0 fully saturated rings. The van der Waals surface area contributed by atoms with E-state index in [1.165, 1.54) is 16.7 Å². The van der Waals surface area contributed by atoms with Crippen molar-refractivity contribution < 1.29 is 0 Å². The number of benzene rings is 1. The number of alkyl halides is 1. The van der Waals surface area contributed by atoms with E-state index >= 15 is 0 Å². The molecule has 1 aromatic carbocycles. The van der Waals surface area contributed by atoms with Crippen molar-refractivity contribution >= 4 is 11.6 Å². The summed E-state index contributed by atoms with van der Waals surface area (Å²) in [6.45, 7) is 2.08. The van der Waals surface area contributed by atoms with Crippen molar-refractivity contribution in [2.75, 3.05) is 0 Å². The molecular formula is C13H12ClN. The normalized spacial score (nSPS) is 10.3. The summed E-state index contributed by atoms with van der Waals surface area (Å²) in [6, 6.07) is 10.4. The lowest BCUT2D eigenvalue weighted by molar-refractivity contribution is 1.25. The van der Waals surface area contributed by atoms with Crippen molar-refractivity contribution in [1.82, 2.24) is 4.98 Å². The third-order valence-corrected chi connectivity index (χ3v) is 2.70. The lowest BCUT2D eigenvalue weighted by Crippen LogP contribution is -1.87. The number of aryl methyl sites for hydroxylation is 1. The number of aromatic nitrogens is 1. The molecular weight excluding hydrogens is 206 g/mol. The van der Waals surface area contributed by atoms with Crippen LogP contribution < -0.4 is 0 Å². The Kier molecular flexibility index (Phi) is 3.02. The number of hydrogen-bond donors (Lipinski definition) is 0. The van der Waals surface area contributed by atoms with Crippen molar-refractivity contribution in [3.63, 3.8) is 0 Å². The van der Waals surface area contributed by atoms with Gasteiger partial charge in [-0.05, 0) is 29.7 Å². The molecule has 2 aromatic rings. The molecule has 0 radical (unpaired) electrons. The van der Waals surface area contributed by atoms with E-state index in [9.17, 15) is 0 Å². The molecule has 0 spiro atoms. The maximum Gasteiger partial charge on any atom is 0.0495 e. The minimum absolute atomic E-state index is 0.497. The molecule has 76 valence electrons. The van der Waals surface area contributed by atoms with Crippen LogP contribution in [0.5, 0.6) is 0 Å². The van der Waals surface area contributed by atoms with Crippen molar-refractivity contribution in [2.24, 2.45) is 0 Å². The van der Waals surface area contributed by atoms with E-state index in [1.807, 2.05) is 12.3 Å². The fraction of sp³-hybridized carbons (Fsp3) is 0.154. The number of halogens is 1. The highest BCUT2D eigenvalue weighted by molar-refractivity contribution is 6.17. The Balaban J connectivity index is 2.49. The van der Waals surface area contributed by atoms with Crippen molar-refractivity contribution in [1.29, 1.82) is 0 Å². The van der Waals surface area contributed by atoms with Crippen LogP contribution in [0.25, 0.3) is 11.1 Å². The number of pyridine rings is 1. The van der Waals surface area contributed by atoms with Crippen LogP contribution in [0.1, 0.15) is 11.1 Å². The van der Waals surface area contributed by atoms with Crippen LogP contribution in [0, 0.1) is 6.92 Å². The van der Waals surface area contributed by atoms with Gasteiger partial charge in [-0.2, -0.15) is 0 Å². The molecule has 2 rings (SSSR count). The van der Waals surface area contributed by atoms with Crippen molar-refractivity contribution in [3.8, 4) is 11.1 Å². The molecule has 0 aliphatic heterocycles. The summed E-state index contributed by atoms with van der Waals surface area (Å²) < 4.78 is 0. The zero-order chi connectivity index (χ0) is 10.7. The second kappa shape index (κ2) is 4.45. The van der Waals surface area contributed by atoms with Crippen LogP contribution >= 0.6 is 11.6 Å². The minimum Gasteiger partial charge on any atom is -0.264 e. The molecule has 0 unspecified atom stereocenters. The van der Waals surface area contributed by atoms with Crippen LogP contribution in [-0.4, -0.2) is 4.98 Å². The van der Waals surface area contributed by atoms with Gasteiger partial charge in [-0.1, -0.05) is 29.8 Å². The minimum atomic E-state index is 0.497. The fourth-order valence-electron chi connectivity index (χ4n) is 1.55. The van der Waals surface area contributed by atoms with Crippen LogP contribution in [0.15, 0.2) is 42.7 Å². The summed E-state index contributed by atoms with van der Waals surface area (Å²) in [5.41, 5.74) is 4.70. The van der Waals surface area contributed by atoms with Gasteiger partial charge in [-0.3, -0.25) is 4.98 Å². The molecule has 15 heavy (non-hydrogen) atoms. The molecule has 0 atom stereocenters. The van der Waals surface area contributed by atoms with Gasteiger partial charge in [0, 0.05) is 18.3 Å². The average molecular weight is 218 g/mol. The molecule has 1 heterocycles. The lowest BCUT2D eigenvalue weighted by Gasteiger charge is -2.06. The van der Waals surface area contributed by atoms with Crippen LogP contribution in [-0.2, 0) is 5.88 Å². The maximum absolute atomic E-state index is 5.87. The Morgan fingerprint density at radius 3 is 2.53 bits per heavy atom. The Hall–Kier alpha value is -1.34. The van der Waals surface area contributed by atoms with Gasteiger partial charge >= 0.3 is 0 Å². The summed E-state index contributed by atoms with van der Waals surface area (Å²) in [5, 5.41) is 0. The van der Waals surface area contributed by atoms with E-state index < -0.39 is 0 Å². The zero-order valence-corrected chi connectivity index (χ0v) is 9.33. The van der Waals surface area contributed by atoms with Gasteiger partial charge in [0.25, 0.3) is 0 Å². The van der Waals surface area contributed by atoms with Gasteiger partial charge in [0.15, 0.2) is 0 Å². The quantitative estimate of drug-likeness (QED) is 0.698. The van der Waals surface area contributed by atoms with Gasteiger partial charge in [0.05, 0.1) is 0 Å². The monoisotopic (exact) mass is 217 g/mol. The highest BCUT2D eigenvalue weighted by Gasteiger charge is 2.03. The Morgan fingerprint density at radius 2 is 1.87 bits per heavy atom. The van der Waals surface area contributed by atoms with Gasteiger partial charge < -0.3 is 0 Å². The Labute approximate surface area is 94.7 Å². The third-order valence-electron chi connectivity index (χ3n) is 2.41. The molecule has 0 saturated carbocycles. The second-order valence-corrected chi connectivity index (χ2v) is 3.80. The SMILES string of the molecule is Cc1ccc(-c2ccncc2CCl)cc1. The molecule has 0 saturated heterocycles. The van der Waals surface area contributed by atoms with E-state index in [1.54, 1.807) is 6.20 Å². The molecule has 2 heteroatoms. The predicted octanol–water partition coefficient (Wildman–Crippen LogP) is 3.80. The van der Waals surface area contributed by atoms with Gasteiger partial charge in [-0.15, -0.1) is 11.6 Å². The molecule has 0 N–H and O–H groups in total. The van der Waals surface area contributed by atoms with Crippen LogP contribution in [0.4, 0.5) is 0 Å². The largest absolute Gasteiger partial charge is 0.264 e. The molecule has 1 nitrogen and oxygen atoms in total. The van der Waals surface area contributed by atoms with E-state index in [-0.39, 0.29) is 0 Å². The number of nitrogens with zero attached hydrogens (tertiary/aromatic N) is 1. The molecule has 0 amide bonds. The molecule has 0 aliphatic carbocycles. The number of hydrogen-bond acceptors (Lipinski definition) is 1. The second-order valence-electron chi connectivity index (χ2n) is 3.53. The third kappa shape index (κ3) is 2.18. The maximum atomic E-state index is 5.87. The molecule has 1 aromatic heterocycles. The first-order chi connectivity index (χ1) is 7.31. The first kappa shape index (κ1) is 10.2. The highest BCUT2D eigenvalue weighted by Crippen LogP contribution is 2.24. The van der Waals surface area contributed by atoms with Gasteiger partial charge in [-0.25, -0.2) is 0 Å². The fourth-order valence-corrected chi connectivity index (χ4v) is 1.76. The summed E-state index contributed by atoms with van der Waals surface area (Å²) >= 11 is 5.87. The van der Waals surface area contributed by atoms with Crippen LogP contribution in [0.2, 0.25) is 0 Å². The van der Waals surface area contributed by atoms with E-state index in [4.69, 9.17) is 11.6 Å². The summed E-state index contributed by atoms with van der Waals surface area (Å²) in [7, 11) is 0. The van der Waals surface area contributed by atoms with E-state index in [0.29, 0.717) is 5.88 Å². The zero-order valence-electron chi connectivity index (χ0n) is 8.57. The summed E-state index contributed by atoms with van der Waals surface area (Å²) in [4.78, 5) is 4.07. The predicted molar refractivity (Wildman–Crippen MR) is 64.0 cm³/mol. The van der Waals surface area contributed by atoms with Crippen molar-refractivity contribution in [2.45, 2.75) is 12.8 Å².